The van der Waals surface area contributed by atoms with Gasteiger partial charge in [-0.05, 0) is 66.8 Å². The van der Waals surface area contributed by atoms with Crippen LogP contribution in [-0.4, -0.2) is 33.9 Å². The van der Waals surface area contributed by atoms with Crippen LogP contribution < -0.4 is 15.6 Å². The summed E-state index contributed by atoms with van der Waals surface area (Å²) in [5.41, 5.74) is 3.33. The summed E-state index contributed by atoms with van der Waals surface area (Å²) in [6.45, 7) is 0. The van der Waals surface area contributed by atoms with Crippen molar-refractivity contribution in [3.05, 3.63) is 94.2 Å². The van der Waals surface area contributed by atoms with Crippen molar-refractivity contribution >= 4 is 69.6 Å². The maximum absolute atomic E-state index is 13.6. The van der Waals surface area contributed by atoms with Gasteiger partial charge >= 0.3 is 0 Å². The first-order valence-corrected chi connectivity index (χ1v) is 11.4. The first-order chi connectivity index (χ1) is 16.7. The molecule has 3 aromatic carbocycles. The molecule has 4 rings (SSSR count). The molecule has 1 aliphatic heterocycles. The molecular formula is C24H17Cl2FN4O3S. The third-order valence-electron chi connectivity index (χ3n) is 5.13. The summed E-state index contributed by atoms with van der Waals surface area (Å²) in [5.74, 6) is -2.36. The molecule has 2 N–H and O–H groups in total. The van der Waals surface area contributed by atoms with E-state index in [1.165, 1.54) is 23.1 Å². The second-order valence-electron chi connectivity index (χ2n) is 7.50. The number of hydrogen-bond acceptors (Lipinski definition) is 4. The first kappa shape index (κ1) is 24.6. The van der Waals surface area contributed by atoms with E-state index in [1.807, 2.05) is 0 Å². The number of anilines is 2. The number of hydrazine groups is 1. The molecule has 1 aliphatic rings. The normalized spacial score (nSPS) is 15.3. The number of carbonyl (C=O) groups is 3. The Morgan fingerprint density at radius 2 is 1.71 bits per heavy atom. The monoisotopic (exact) mass is 530 g/mol. The molecule has 0 radical (unpaired) electrons. The van der Waals surface area contributed by atoms with Crippen molar-refractivity contribution < 1.29 is 18.8 Å². The van der Waals surface area contributed by atoms with Gasteiger partial charge in [-0.3, -0.25) is 24.7 Å². The maximum atomic E-state index is 13.6. The molecular weight excluding hydrogens is 514 g/mol. The lowest BCUT2D eigenvalue weighted by Crippen LogP contribution is -2.49. The number of halogens is 3. The Hall–Kier alpha value is -3.53. The number of nitrogens with zero attached hydrogens (tertiary/aromatic N) is 2. The van der Waals surface area contributed by atoms with Gasteiger partial charge in [-0.1, -0.05) is 41.4 Å². The second-order valence-corrected chi connectivity index (χ2v) is 8.71. The zero-order valence-electron chi connectivity index (χ0n) is 17.9. The Morgan fingerprint density at radius 1 is 1.00 bits per heavy atom. The number of para-hydroxylation sites is 1. The summed E-state index contributed by atoms with van der Waals surface area (Å²) in [4.78, 5) is 40.2. The summed E-state index contributed by atoms with van der Waals surface area (Å²) >= 11 is 17.6. The highest BCUT2D eigenvalue weighted by atomic mass is 35.5. The van der Waals surface area contributed by atoms with E-state index < -0.39 is 29.6 Å². The van der Waals surface area contributed by atoms with E-state index in [4.69, 9.17) is 35.4 Å². The molecule has 1 fully saturated rings. The SMILES string of the molecule is O=C(C[C@@H]1C(=O)N(c2ccc(Cl)cc2)C(=S)N1NC(=O)c1cccc(F)c1)Nc1ccccc1Cl. The Bertz CT molecular complexity index is 1320. The van der Waals surface area contributed by atoms with E-state index in [-0.39, 0.29) is 17.1 Å². The van der Waals surface area contributed by atoms with Gasteiger partial charge < -0.3 is 5.32 Å². The van der Waals surface area contributed by atoms with E-state index in [1.54, 1.807) is 48.5 Å². The van der Waals surface area contributed by atoms with E-state index in [9.17, 15) is 18.8 Å². The average Bonchev–Trinajstić information content (AvgIpc) is 3.05. The molecule has 0 aliphatic carbocycles. The van der Waals surface area contributed by atoms with Crippen LogP contribution >= 0.6 is 35.4 Å². The summed E-state index contributed by atoms with van der Waals surface area (Å²) in [7, 11) is 0. The number of hydrogen-bond donors (Lipinski definition) is 2. The number of amides is 3. The second kappa shape index (κ2) is 10.4. The van der Waals surface area contributed by atoms with Crippen molar-refractivity contribution in [3.63, 3.8) is 0 Å². The largest absolute Gasteiger partial charge is 0.325 e. The van der Waals surface area contributed by atoms with E-state index in [0.717, 1.165) is 11.1 Å². The number of benzene rings is 3. The lowest BCUT2D eigenvalue weighted by atomic mass is 10.1. The minimum Gasteiger partial charge on any atom is -0.325 e. The first-order valence-electron chi connectivity index (χ1n) is 10.3. The molecule has 178 valence electrons. The molecule has 1 saturated heterocycles. The van der Waals surface area contributed by atoms with Gasteiger partial charge in [0, 0.05) is 10.6 Å². The summed E-state index contributed by atoms with van der Waals surface area (Å²) in [6, 6.07) is 16.9. The molecule has 0 spiro atoms. The van der Waals surface area contributed by atoms with Crippen LogP contribution in [0.5, 0.6) is 0 Å². The van der Waals surface area contributed by atoms with Crippen LogP contribution in [-0.2, 0) is 9.59 Å². The quantitative estimate of drug-likeness (QED) is 0.447. The molecule has 1 atom stereocenters. The zero-order valence-corrected chi connectivity index (χ0v) is 20.2. The average molecular weight is 531 g/mol. The van der Waals surface area contributed by atoms with E-state index in [2.05, 4.69) is 10.7 Å². The fourth-order valence-electron chi connectivity index (χ4n) is 3.47. The molecule has 3 aromatic rings. The van der Waals surface area contributed by atoms with Gasteiger partial charge in [0.2, 0.25) is 11.0 Å². The molecule has 11 heteroatoms. The maximum Gasteiger partial charge on any atom is 0.269 e. The van der Waals surface area contributed by atoms with Crippen molar-refractivity contribution in [2.24, 2.45) is 0 Å². The zero-order chi connectivity index (χ0) is 25.1. The summed E-state index contributed by atoms with van der Waals surface area (Å²) in [6.07, 6.45) is -0.349. The highest BCUT2D eigenvalue weighted by molar-refractivity contribution is 7.80. The van der Waals surface area contributed by atoms with Crippen LogP contribution in [0.2, 0.25) is 10.0 Å². The van der Waals surface area contributed by atoms with Crippen molar-refractivity contribution in [3.8, 4) is 0 Å². The van der Waals surface area contributed by atoms with Crippen LogP contribution in [0.4, 0.5) is 15.8 Å². The summed E-state index contributed by atoms with van der Waals surface area (Å²) in [5, 5.41) is 4.51. The molecule has 7 nitrogen and oxygen atoms in total. The Kier molecular flexibility index (Phi) is 7.30. The minimum atomic E-state index is -1.17. The lowest BCUT2D eigenvalue weighted by Gasteiger charge is -2.24. The highest BCUT2D eigenvalue weighted by Gasteiger charge is 2.45. The van der Waals surface area contributed by atoms with Crippen molar-refractivity contribution in [1.29, 1.82) is 0 Å². The molecule has 0 saturated carbocycles. The Morgan fingerprint density at radius 3 is 2.40 bits per heavy atom. The van der Waals surface area contributed by atoms with Crippen LogP contribution in [0.3, 0.4) is 0 Å². The van der Waals surface area contributed by atoms with Gasteiger partial charge in [-0.15, -0.1) is 0 Å². The fraction of sp³-hybridized carbons (Fsp3) is 0.0833. The van der Waals surface area contributed by atoms with Crippen LogP contribution in [0.25, 0.3) is 0 Å². The topological polar surface area (TPSA) is 81.8 Å². The van der Waals surface area contributed by atoms with Crippen molar-refractivity contribution in [1.82, 2.24) is 10.4 Å². The third-order valence-corrected chi connectivity index (χ3v) is 6.10. The predicted molar refractivity (Wildman–Crippen MR) is 136 cm³/mol. The third kappa shape index (κ3) is 5.43. The van der Waals surface area contributed by atoms with Gasteiger partial charge in [-0.2, -0.15) is 0 Å². The smallest absolute Gasteiger partial charge is 0.269 e. The number of nitrogens with one attached hydrogen (secondary N) is 2. The molecule has 0 bridgehead atoms. The van der Waals surface area contributed by atoms with Gasteiger partial charge in [-0.25, -0.2) is 9.40 Å². The van der Waals surface area contributed by atoms with Gasteiger partial charge in [0.25, 0.3) is 11.8 Å². The number of carbonyl (C=O) groups excluding carboxylic acids is 3. The fourth-order valence-corrected chi connectivity index (χ4v) is 4.15. The van der Waals surface area contributed by atoms with Gasteiger partial charge in [0.1, 0.15) is 11.9 Å². The molecule has 0 aromatic heterocycles. The molecule has 1 heterocycles. The standard InChI is InChI=1S/C24H17Cl2FN4O3S/c25-15-8-10-17(11-9-15)30-23(34)20(13-21(32)28-19-7-2-1-6-18(19)26)31(24(30)35)29-22(33)14-4-3-5-16(27)12-14/h1-12,20H,13H2,(H,28,32)(H,29,33)/t20-/m1/s1. The molecule has 3 amide bonds. The van der Waals surface area contributed by atoms with Crippen molar-refractivity contribution in [2.45, 2.75) is 12.5 Å². The predicted octanol–water partition coefficient (Wildman–Crippen LogP) is 4.81. The number of thiocarbonyl (C=S) groups is 1. The summed E-state index contributed by atoms with van der Waals surface area (Å²) < 4.78 is 13.6. The van der Waals surface area contributed by atoms with E-state index in [0.29, 0.717) is 21.4 Å². The van der Waals surface area contributed by atoms with Gasteiger partial charge in [0.15, 0.2) is 0 Å². The van der Waals surface area contributed by atoms with E-state index >= 15 is 0 Å². The highest BCUT2D eigenvalue weighted by Crippen LogP contribution is 2.28. The molecule has 35 heavy (non-hydrogen) atoms. The van der Waals surface area contributed by atoms with Crippen LogP contribution in [0.1, 0.15) is 16.8 Å². The van der Waals surface area contributed by atoms with Crippen LogP contribution in [0.15, 0.2) is 72.8 Å². The Labute approximate surface area is 215 Å². The Balaban J connectivity index is 1.61. The van der Waals surface area contributed by atoms with Gasteiger partial charge in [0.05, 0.1) is 22.8 Å². The van der Waals surface area contributed by atoms with Crippen molar-refractivity contribution in [2.75, 3.05) is 10.2 Å². The number of rotatable bonds is 6. The lowest BCUT2D eigenvalue weighted by molar-refractivity contribution is -0.124. The van der Waals surface area contributed by atoms with Crippen LogP contribution in [0, 0.1) is 5.82 Å². The minimum absolute atomic E-state index is 0.0180. The molecule has 0 unspecified atom stereocenters.